The van der Waals surface area contributed by atoms with E-state index in [1.807, 2.05) is 22.7 Å². The van der Waals surface area contributed by atoms with Crippen molar-refractivity contribution in [2.24, 2.45) is 13.0 Å². The van der Waals surface area contributed by atoms with Crippen LogP contribution in [0.1, 0.15) is 19.0 Å². The van der Waals surface area contributed by atoms with Crippen LogP contribution < -0.4 is 0 Å². The summed E-state index contributed by atoms with van der Waals surface area (Å²) < 4.78 is 1.81. The number of amides is 1. The Balaban J connectivity index is 1.81. The van der Waals surface area contributed by atoms with Crippen molar-refractivity contribution < 1.29 is 4.79 Å². The van der Waals surface area contributed by atoms with Crippen molar-refractivity contribution in [3.63, 3.8) is 0 Å². The van der Waals surface area contributed by atoms with E-state index in [9.17, 15) is 4.79 Å². The number of likely N-dealkylation sites (tertiary alicyclic amines) is 1. The zero-order chi connectivity index (χ0) is 14.8. The zero-order valence-electron chi connectivity index (χ0n) is 12.4. The van der Waals surface area contributed by atoms with E-state index in [0.717, 1.165) is 43.0 Å². The molecule has 1 aliphatic heterocycles. The summed E-state index contributed by atoms with van der Waals surface area (Å²) in [5, 5.41) is 4.20. The first kappa shape index (κ1) is 13.7. The molecule has 2 aromatic heterocycles. The lowest BCUT2D eigenvalue weighted by Gasteiger charge is -2.14. The SMILES string of the molecule is CC(=O)N1CC[C@H](Cc2nccnc2-c2ccnn2C)C1. The Morgan fingerprint density at radius 2 is 2.14 bits per heavy atom. The minimum Gasteiger partial charge on any atom is -0.343 e. The summed E-state index contributed by atoms with van der Waals surface area (Å²) in [7, 11) is 1.90. The van der Waals surface area contributed by atoms with Gasteiger partial charge in [0.15, 0.2) is 0 Å². The third kappa shape index (κ3) is 2.79. The molecule has 0 unspecified atom stereocenters. The normalized spacial score (nSPS) is 18.2. The quantitative estimate of drug-likeness (QED) is 0.852. The number of hydrogen-bond acceptors (Lipinski definition) is 4. The summed E-state index contributed by atoms with van der Waals surface area (Å²) in [4.78, 5) is 22.3. The molecule has 0 N–H and O–H groups in total. The number of nitrogens with zero attached hydrogens (tertiary/aromatic N) is 5. The number of aromatic nitrogens is 4. The van der Waals surface area contributed by atoms with Crippen molar-refractivity contribution in [2.45, 2.75) is 19.8 Å². The van der Waals surface area contributed by atoms with Gasteiger partial charge in [0.2, 0.25) is 5.91 Å². The predicted octanol–water partition coefficient (Wildman–Crippen LogP) is 1.29. The van der Waals surface area contributed by atoms with E-state index in [4.69, 9.17) is 0 Å². The molecule has 3 heterocycles. The third-order valence-corrected chi connectivity index (χ3v) is 4.05. The molecular weight excluding hydrogens is 266 g/mol. The smallest absolute Gasteiger partial charge is 0.219 e. The Morgan fingerprint density at radius 1 is 1.33 bits per heavy atom. The molecule has 21 heavy (non-hydrogen) atoms. The van der Waals surface area contributed by atoms with Gasteiger partial charge in [0.1, 0.15) is 5.69 Å². The van der Waals surface area contributed by atoms with Crippen LogP contribution in [0, 0.1) is 5.92 Å². The highest BCUT2D eigenvalue weighted by Gasteiger charge is 2.26. The zero-order valence-corrected chi connectivity index (χ0v) is 12.4. The maximum absolute atomic E-state index is 11.4. The molecule has 6 nitrogen and oxygen atoms in total. The van der Waals surface area contributed by atoms with Crippen LogP contribution in [0.25, 0.3) is 11.4 Å². The van der Waals surface area contributed by atoms with E-state index in [1.165, 1.54) is 0 Å². The van der Waals surface area contributed by atoms with Gasteiger partial charge < -0.3 is 4.90 Å². The molecule has 0 spiro atoms. The van der Waals surface area contributed by atoms with Gasteiger partial charge >= 0.3 is 0 Å². The highest BCUT2D eigenvalue weighted by molar-refractivity contribution is 5.73. The standard InChI is InChI=1S/C15H19N5O/c1-11(21)20-8-4-12(10-20)9-13-15(17-7-6-16-13)14-3-5-18-19(14)2/h3,5-7,12H,4,8-10H2,1-2H3/t12-/m1/s1. The minimum absolute atomic E-state index is 0.156. The summed E-state index contributed by atoms with van der Waals surface area (Å²) in [6.45, 7) is 3.30. The molecule has 1 aliphatic rings. The second kappa shape index (κ2) is 5.63. The van der Waals surface area contributed by atoms with E-state index < -0.39 is 0 Å². The number of rotatable bonds is 3. The van der Waals surface area contributed by atoms with Crippen LogP contribution >= 0.6 is 0 Å². The van der Waals surface area contributed by atoms with E-state index in [0.29, 0.717) is 5.92 Å². The Morgan fingerprint density at radius 3 is 2.81 bits per heavy atom. The molecular formula is C15H19N5O. The van der Waals surface area contributed by atoms with Crippen molar-refractivity contribution >= 4 is 5.91 Å². The second-order valence-electron chi connectivity index (χ2n) is 5.52. The lowest BCUT2D eigenvalue weighted by Crippen LogP contribution is -2.26. The first-order chi connectivity index (χ1) is 10.1. The van der Waals surface area contributed by atoms with Gasteiger partial charge in [-0.1, -0.05) is 0 Å². The van der Waals surface area contributed by atoms with Gasteiger partial charge in [-0.15, -0.1) is 0 Å². The van der Waals surface area contributed by atoms with Crippen molar-refractivity contribution in [3.05, 3.63) is 30.4 Å². The highest BCUT2D eigenvalue weighted by Crippen LogP contribution is 2.25. The van der Waals surface area contributed by atoms with Crippen LogP contribution in [-0.4, -0.2) is 43.6 Å². The lowest BCUT2D eigenvalue weighted by atomic mass is 10.0. The second-order valence-corrected chi connectivity index (χ2v) is 5.52. The van der Waals surface area contributed by atoms with Gasteiger partial charge in [-0.05, 0) is 24.8 Å². The van der Waals surface area contributed by atoms with E-state index >= 15 is 0 Å². The Bertz CT molecular complexity index is 651. The van der Waals surface area contributed by atoms with Crippen LogP contribution in [0.2, 0.25) is 0 Å². The number of carbonyl (C=O) groups excluding carboxylic acids is 1. The molecule has 2 aromatic rings. The average Bonchev–Trinajstić information content (AvgIpc) is 3.09. The molecule has 110 valence electrons. The molecule has 0 bridgehead atoms. The molecule has 0 saturated carbocycles. The van der Waals surface area contributed by atoms with Crippen LogP contribution in [-0.2, 0) is 18.3 Å². The van der Waals surface area contributed by atoms with Crippen LogP contribution in [0.4, 0.5) is 0 Å². The summed E-state index contributed by atoms with van der Waals surface area (Å²) in [5.74, 6) is 0.612. The van der Waals surface area contributed by atoms with Gasteiger partial charge in [-0.25, -0.2) is 0 Å². The van der Waals surface area contributed by atoms with Gasteiger partial charge in [0.25, 0.3) is 0 Å². The summed E-state index contributed by atoms with van der Waals surface area (Å²) in [6, 6.07) is 1.95. The van der Waals surface area contributed by atoms with Gasteiger partial charge in [-0.3, -0.25) is 19.4 Å². The molecule has 3 rings (SSSR count). The largest absolute Gasteiger partial charge is 0.343 e. The Hall–Kier alpha value is -2.24. The molecule has 1 atom stereocenters. The van der Waals surface area contributed by atoms with E-state index in [-0.39, 0.29) is 5.91 Å². The van der Waals surface area contributed by atoms with Crippen LogP contribution in [0.3, 0.4) is 0 Å². The van der Waals surface area contributed by atoms with Crippen molar-refractivity contribution in [1.29, 1.82) is 0 Å². The fourth-order valence-electron chi connectivity index (χ4n) is 2.90. The molecule has 6 heteroatoms. The molecule has 0 radical (unpaired) electrons. The van der Waals surface area contributed by atoms with Crippen molar-refractivity contribution in [3.8, 4) is 11.4 Å². The van der Waals surface area contributed by atoms with E-state index in [1.54, 1.807) is 25.5 Å². The lowest BCUT2D eigenvalue weighted by molar-refractivity contribution is -0.127. The fourth-order valence-corrected chi connectivity index (χ4v) is 2.90. The van der Waals surface area contributed by atoms with Crippen molar-refractivity contribution in [2.75, 3.05) is 13.1 Å². The van der Waals surface area contributed by atoms with Gasteiger partial charge in [-0.2, -0.15) is 5.10 Å². The predicted molar refractivity (Wildman–Crippen MR) is 78.3 cm³/mol. The maximum atomic E-state index is 11.4. The first-order valence-electron chi connectivity index (χ1n) is 7.19. The Kier molecular flexibility index (Phi) is 3.68. The Labute approximate surface area is 123 Å². The van der Waals surface area contributed by atoms with Gasteiger partial charge in [0, 0.05) is 45.7 Å². The molecule has 1 fully saturated rings. The maximum Gasteiger partial charge on any atom is 0.219 e. The summed E-state index contributed by atoms with van der Waals surface area (Å²) in [5.41, 5.74) is 2.84. The van der Waals surface area contributed by atoms with Crippen LogP contribution in [0.15, 0.2) is 24.7 Å². The van der Waals surface area contributed by atoms with Crippen molar-refractivity contribution in [1.82, 2.24) is 24.6 Å². The number of carbonyl (C=O) groups is 1. The molecule has 0 aromatic carbocycles. The monoisotopic (exact) mass is 285 g/mol. The minimum atomic E-state index is 0.156. The summed E-state index contributed by atoms with van der Waals surface area (Å²) >= 11 is 0. The number of hydrogen-bond donors (Lipinski definition) is 0. The topological polar surface area (TPSA) is 63.9 Å². The first-order valence-corrected chi connectivity index (χ1v) is 7.19. The number of aryl methyl sites for hydroxylation is 1. The highest BCUT2D eigenvalue weighted by atomic mass is 16.2. The van der Waals surface area contributed by atoms with Gasteiger partial charge in [0.05, 0.1) is 11.4 Å². The van der Waals surface area contributed by atoms with E-state index in [2.05, 4.69) is 15.1 Å². The third-order valence-electron chi connectivity index (χ3n) is 4.05. The molecule has 1 amide bonds. The average molecular weight is 285 g/mol. The molecule has 0 aliphatic carbocycles. The van der Waals surface area contributed by atoms with Crippen LogP contribution in [0.5, 0.6) is 0 Å². The fraction of sp³-hybridized carbons (Fsp3) is 0.467. The summed E-state index contributed by atoms with van der Waals surface area (Å²) in [6.07, 6.45) is 7.08. The molecule has 1 saturated heterocycles.